The van der Waals surface area contributed by atoms with Crippen molar-refractivity contribution in [3.63, 3.8) is 0 Å². The van der Waals surface area contributed by atoms with Gasteiger partial charge in [-0.25, -0.2) is 4.39 Å². The predicted octanol–water partition coefficient (Wildman–Crippen LogP) is 5.23. The molecular weight excluding hydrogens is 439 g/mol. The van der Waals surface area contributed by atoms with E-state index < -0.39 is 6.04 Å². The molecule has 0 saturated heterocycles. The van der Waals surface area contributed by atoms with E-state index in [1.807, 2.05) is 37.3 Å². The summed E-state index contributed by atoms with van der Waals surface area (Å²) in [5.41, 5.74) is 1.66. The second-order valence-electron chi connectivity index (χ2n) is 7.91. The Bertz CT molecular complexity index is 1040. The van der Waals surface area contributed by atoms with Gasteiger partial charge in [-0.05, 0) is 42.7 Å². The van der Waals surface area contributed by atoms with Crippen molar-refractivity contribution in [2.75, 3.05) is 5.32 Å². The maximum absolute atomic E-state index is 13.2. The minimum Gasteiger partial charge on any atom is -0.344 e. The highest BCUT2D eigenvalue weighted by Gasteiger charge is 2.26. The number of nitrogens with one attached hydrogen (secondary N) is 2. The van der Waals surface area contributed by atoms with E-state index in [2.05, 4.69) is 27.8 Å². The van der Waals surface area contributed by atoms with Crippen molar-refractivity contribution in [3.05, 3.63) is 66.0 Å². The number of rotatable bonds is 11. The summed E-state index contributed by atoms with van der Waals surface area (Å²) in [6.45, 7) is 4.09. The van der Waals surface area contributed by atoms with E-state index in [0.29, 0.717) is 22.1 Å². The normalized spacial score (nSPS) is 12.7. The van der Waals surface area contributed by atoms with Gasteiger partial charge in [-0.15, -0.1) is 10.2 Å². The van der Waals surface area contributed by atoms with Gasteiger partial charge in [-0.1, -0.05) is 68.4 Å². The summed E-state index contributed by atoms with van der Waals surface area (Å²) in [5.74, 6) is -0.908. The van der Waals surface area contributed by atoms with Crippen molar-refractivity contribution in [1.82, 2.24) is 15.5 Å². The quantitative estimate of drug-likeness (QED) is 0.404. The van der Waals surface area contributed by atoms with E-state index in [1.54, 1.807) is 12.1 Å². The van der Waals surface area contributed by atoms with Crippen molar-refractivity contribution in [3.8, 4) is 10.6 Å². The van der Waals surface area contributed by atoms with Gasteiger partial charge in [0.05, 0.1) is 0 Å². The number of amides is 2. The third kappa shape index (κ3) is 7.18. The molecule has 6 nitrogen and oxygen atoms in total. The molecule has 0 aliphatic rings. The van der Waals surface area contributed by atoms with E-state index in [0.717, 1.165) is 31.2 Å². The maximum atomic E-state index is 13.2. The SMILES string of the molecule is CCCCC(CC)C(=O)NC(Cc1ccccc1)C(=O)Nc1nnc(-c2ccc(F)cc2)s1. The van der Waals surface area contributed by atoms with Crippen LogP contribution in [0.2, 0.25) is 0 Å². The zero-order chi connectivity index (χ0) is 23.6. The van der Waals surface area contributed by atoms with E-state index in [-0.39, 0.29) is 23.5 Å². The second-order valence-corrected chi connectivity index (χ2v) is 8.88. The summed E-state index contributed by atoms with van der Waals surface area (Å²) in [7, 11) is 0. The predicted molar refractivity (Wildman–Crippen MR) is 129 cm³/mol. The number of aromatic nitrogens is 2. The van der Waals surface area contributed by atoms with Crippen LogP contribution in [0, 0.1) is 11.7 Å². The summed E-state index contributed by atoms with van der Waals surface area (Å²) >= 11 is 1.20. The Kier molecular flexibility index (Phi) is 9.06. The van der Waals surface area contributed by atoms with Gasteiger partial charge < -0.3 is 5.32 Å². The van der Waals surface area contributed by atoms with Crippen molar-refractivity contribution in [2.45, 2.75) is 52.0 Å². The van der Waals surface area contributed by atoms with Crippen molar-refractivity contribution in [2.24, 2.45) is 5.92 Å². The lowest BCUT2D eigenvalue weighted by Gasteiger charge is -2.21. The van der Waals surface area contributed by atoms with Crippen LogP contribution in [-0.2, 0) is 16.0 Å². The highest BCUT2D eigenvalue weighted by Crippen LogP contribution is 2.26. The third-order valence-electron chi connectivity index (χ3n) is 5.43. The first-order valence-corrected chi connectivity index (χ1v) is 12.1. The van der Waals surface area contributed by atoms with E-state index in [1.165, 1.54) is 23.5 Å². The number of nitrogens with zero attached hydrogens (tertiary/aromatic N) is 2. The number of carbonyl (C=O) groups is 2. The van der Waals surface area contributed by atoms with Crippen molar-refractivity contribution >= 4 is 28.3 Å². The molecule has 2 atom stereocenters. The fourth-order valence-electron chi connectivity index (χ4n) is 3.50. The summed E-state index contributed by atoms with van der Waals surface area (Å²) in [4.78, 5) is 26.0. The standard InChI is InChI=1S/C25H29FN4O2S/c1-3-5-11-18(4-2)22(31)27-21(16-17-9-7-6-8-10-17)23(32)28-25-30-29-24(33-25)19-12-14-20(26)15-13-19/h6-10,12-15,18,21H,3-5,11,16H2,1-2H3,(H,27,31)(H,28,30,32). The molecule has 1 heterocycles. The number of hydrogen-bond donors (Lipinski definition) is 2. The van der Waals surface area contributed by atoms with Crippen molar-refractivity contribution in [1.29, 1.82) is 0 Å². The van der Waals surface area contributed by atoms with Crippen molar-refractivity contribution < 1.29 is 14.0 Å². The van der Waals surface area contributed by atoms with E-state index in [4.69, 9.17) is 0 Å². The number of anilines is 1. The molecule has 2 N–H and O–H groups in total. The van der Waals surface area contributed by atoms with Crippen LogP contribution in [0.15, 0.2) is 54.6 Å². The average Bonchev–Trinajstić information content (AvgIpc) is 3.28. The molecule has 8 heteroatoms. The Morgan fingerprint density at radius 3 is 2.39 bits per heavy atom. The molecule has 2 amide bonds. The van der Waals surface area contributed by atoms with E-state index >= 15 is 0 Å². The van der Waals surface area contributed by atoms with Crippen LogP contribution in [0.4, 0.5) is 9.52 Å². The highest BCUT2D eigenvalue weighted by molar-refractivity contribution is 7.18. The number of carbonyl (C=O) groups excluding carboxylic acids is 2. The van der Waals surface area contributed by atoms with Crippen LogP contribution in [0.25, 0.3) is 10.6 Å². The van der Waals surface area contributed by atoms with Gasteiger partial charge in [0.2, 0.25) is 16.9 Å². The van der Waals surface area contributed by atoms with Gasteiger partial charge in [0.25, 0.3) is 0 Å². The maximum Gasteiger partial charge on any atom is 0.249 e. The van der Waals surface area contributed by atoms with Gasteiger partial charge in [-0.2, -0.15) is 0 Å². The minimum atomic E-state index is -0.742. The lowest BCUT2D eigenvalue weighted by Crippen LogP contribution is -2.47. The summed E-state index contributed by atoms with van der Waals surface area (Å²) in [5, 5.41) is 14.8. The molecule has 0 aliphatic heterocycles. The number of halogens is 1. The zero-order valence-corrected chi connectivity index (χ0v) is 19.7. The Balaban J connectivity index is 1.73. The molecule has 0 fully saturated rings. The highest BCUT2D eigenvalue weighted by atomic mass is 32.1. The van der Waals surface area contributed by atoms with Crippen LogP contribution in [0.3, 0.4) is 0 Å². The van der Waals surface area contributed by atoms with Crippen LogP contribution < -0.4 is 10.6 Å². The first-order valence-electron chi connectivity index (χ1n) is 11.2. The van der Waals surface area contributed by atoms with Gasteiger partial charge in [0.1, 0.15) is 16.9 Å². The first kappa shape index (κ1) is 24.5. The first-order chi connectivity index (χ1) is 16.0. The minimum absolute atomic E-state index is 0.105. The Morgan fingerprint density at radius 2 is 1.73 bits per heavy atom. The monoisotopic (exact) mass is 468 g/mol. The van der Waals surface area contributed by atoms with Crippen LogP contribution in [-0.4, -0.2) is 28.1 Å². The van der Waals surface area contributed by atoms with Gasteiger partial charge in [-0.3, -0.25) is 14.9 Å². The summed E-state index contributed by atoms with van der Waals surface area (Å²) < 4.78 is 13.2. The summed E-state index contributed by atoms with van der Waals surface area (Å²) in [6, 6.07) is 14.8. The lowest BCUT2D eigenvalue weighted by atomic mass is 9.97. The number of unbranched alkanes of at least 4 members (excludes halogenated alkanes) is 1. The fourth-order valence-corrected chi connectivity index (χ4v) is 4.25. The van der Waals surface area contributed by atoms with Crippen LogP contribution >= 0.6 is 11.3 Å². The van der Waals surface area contributed by atoms with Gasteiger partial charge in [0, 0.05) is 17.9 Å². The molecule has 174 valence electrons. The smallest absolute Gasteiger partial charge is 0.249 e. The molecule has 1 aromatic heterocycles. The number of hydrogen-bond acceptors (Lipinski definition) is 5. The molecule has 3 rings (SSSR count). The third-order valence-corrected chi connectivity index (χ3v) is 6.32. The Labute approximate surface area is 197 Å². The molecule has 0 saturated carbocycles. The lowest BCUT2D eigenvalue weighted by molar-refractivity contribution is -0.129. The largest absolute Gasteiger partial charge is 0.344 e. The molecule has 0 radical (unpaired) electrons. The Morgan fingerprint density at radius 1 is 1.00 bits per heavy atom. The Hall–Kier alpha value is -3.13. The molecule has 3 aromatic rings. The molecule has 2 unspecified atom stereocenters. The molecular formula is C25H29FN4O2S. The van der Waals surface area contributed by atoms with Crippen LogP contribution in [0.5, 0.6) is 0 Å². The second kappa shape index (κ2) is 12.2. The fraction of sp³-hybridized carbons (Fsp3) is 0.360. The number of benzene rings is 2. The van der Waals surface area contributed by atoms with Gasteiger partial charge in [0.15, 0.2) is 0 Å². The summed E-state index contributed by atoms with van der Waals surface area (Å²) in [6.07, 6.45) is 3.88. The molecule has 2 aromatic carbocycles. The topological polar surface area (TPSA) is 84.0 Å². The average molecular weight is 469 g/mol. The van der Waals surface area contributed by atoms with Crippen LogP contribution in [0.1, 0.15) is 45.1 Å². The van der Waals surface area contributed by atoms with E-state index in [9.17, 15) is 14.0 Å². The van der Waals surface area contributed by atoms with Gasteiger partial charge >= 0.3 is 0 Å². The molecule has 0 spiro atoms. The molecule has 33 heavy (non-hydrogen) atoms. The molecule has 0 bridgehead atoms. The zero-order valence-electron chi connectivity index (χ0n) is 18.9. The molecule has 0 aliphatic carbocycles.